The lowest BCUT2D eigenvalue weighted by molar-refractivity contribution is -0.139. The summed E-state index contributed by atoms with van der Waals surface area (Å²) >= 11 is 0. The molecule has 0 aromatic heterocycles. The largest absolute Gasteiger partial charge is 0.481 e. The van der Waals surface area contributed by atoms with Crippen LogP contribution in [0.3, 0.4) is 0 Å². The van der Waals surface area contributed by atoms with Gasteiger partial charge in [-0.25, -0.2) is 0 Å². The molecule has 0 fully saturated rings. The fraction of sp³-hybridized carbons (Fsp3) is 0.111. The molecular formula is C9H8NO3. The van der Waals surface area contributed by atoms with Crippen LogP contribution < -0.4 is 5.32 Å². The number of carbonyl (C=O) groups excluding carboxylic acids is 1. The molecular weight excluding hydrogens is 170 g/mol. The topological polar surface area (TPSA) is 66.4 Å². The van der Waals surface area contributed by atoms with Gasteiger partial charge in [0.25, 0.3) is 0 Å². The molecule has 13 heavy (non-hydrogen) atoms. The zero-order valence-corrected chi connectivity index (χ0v) is 6.78. The second-order valence-corrected chi connectivity index (χ2v) is 2.39. The van der Waals surface area contributed by atoms with E-state index in [1.54, 1.807) is 24.3 Å². The van der Waals surface area contributed by atoms with Crippen LogP contribution in [-0.2, 0) is 9.59 Å². The first-order chi connectivity index (χ1) is 6.18. The summed E-state index contributed by atoms with van der Waals surface area (Å²) in [6, 6.07) is 9.51. The molecule has 0 heterocycles. The lowest BCUT2D eigenvalue weighted by Gasteiger charge is -2.00. The van der Waals surface area contributed by atoms with Crippen LogP contribution in [0.25, 0.3) is 0 Å². The summed E-state index contributed by atoms with van der Waals surface area (Å²) in [4.78, 5) is 21.0. The zero-order chi connectivity index (χ0) is 9.68. The molecule has 1 rings (SSSR count). The number of carbonyl (C=O) groups is 2. The van der Waals surface area contributed by atoms with Gasteiger partial charge in [0.2, 0.25) is 5.91 Å². The number of aliphatic carboxylic acids is 1. The molecule has 0 unspecified atom stereocenters. The van der Waals surface area contributed by atoms with Gasteiger partial charge >= 0.3 is 5.97 Å². The second-order valence-electron chi connectivity index (χ2n) is 2.39. The molecule has 0 saturated heterocycles. The van der Waals surface area contributed by atoms with Crippen molar-refractivity contribution >= 4 is 17.6 Å². The van der Waals surface area contributed by atoms with Gasteiger partial charge in [-0.3, -0.25) is 9.59 Å². The monoisotopic (exact) mass is 178 g/mol. The number of hydrogen-bond donors (Lipinski definition) is 2. The van der Waals surface area contributed by atoms with E-state index in [-0.39, 0.29) is 0 Å². The summed E-state index contributed by atoms with van der Waals surface area (Å²) in [5.74, 6) is -1.69. The van der Waals surface area contributed by atoms with Crippen LogP contribution in [0.1, 0.15) is 6.42 Å². The summed E-state index contributed by atoms with van der Waals surface area (Å²) in [7, 11) is 0. The maximum atomic E-state index is 10.9. The number of amides is 1. The molecule has 0 aliphatic carbocycles. The van der Waals surface area contributed by atoms with E-state index < -0.39 is 18.3 Å². The van der Waals surface area contributed by atoms with E-state index in [1.807, 2.05) is 0 Å². The highest BCUT2D eigenvalue weighted by Crippen LogP contribution is 2.03. The minimum absolute atomic E-state index is 0.480. The highest BCUT2D eigenvalue weighted by atomic mass is 16.4. The maximum absolute atomic E-state index is 10.9. The van der Waals surface area contributed by atoms with Crippen LogP contribution in [0.15, 0.2) is 24.3 Å². The van der Waals surface area contributed by atoms with Gasteiger partial charge < -0.3 is 10.4 Å². The summed E-state index contributed by atoms with van der Waals surface area (Å²) in [5.41, 5.74) is 0.480. The van der Waals surface area contributed by atoms with E-state index in [0.717, 1.165) is 0 Å². The fourth-order valence-electron chi connectivity index (χ4n) is 0.803. The standard InChI is InChI=1S/C9H8NO3/c11-8(6-9(12)13)10-7-4-2-1-3-5-7/h1-4H,6H2,(H,10,11)(H,12,13). The Balaban J connectivity index is 2.50. The van der Waals surface area contributed by atoms with Crippen LogP contribution in [0.5, 0.6) is 0 Å². The average Bonchev–Trinajstić information content (AvgIpc) is 2.04. The number of hydrogen-bond acceptors (Lipinski definition) is 2. The molecule has 0 saturated carbocycles. The Labute approximate surface area is 75.2 Å². The number of rotatable bonds is 3. The van der Waals surface area contributed by atoms with Crippen molar-refractivity contribution in [1.29, 1.82) is 0 Å². The number of carboxylic acids is 1. The summed E-state index contributed by atoms with van der Waals surface area (Å²) in [6.45, 7) is 0. The zero-order valence-electron chi connectivity index (χ0n) is 6.78. The molecule has 1 aromatic carbocycles. The van der Waals surface area contributed by atoms with Gasteiger partial charge in [-0.1, -0.05) is 18.2 Å². The third-order valence-corrected chi connectivity index (χ3v) is 1.29. The quantitative estimate of drug-likeness (QED) is 0.676. The molecule has 1 amide bonds. The average molecular weight is 178 g/mol. The van der Waals surface area contributed by atoms with Crippen molar-refractivity contribution in [2.45, 2.75) is 6.42 Å². The van der Waals surface area contributed by atoms with E-state index in [9.17, 15) is 9.59 Å². The predicted molar refractivity (Wildman–Crippen MR) is 46.2 cm³/mol. The van der Waals surface area contributed by atoms with Crippen LogP contribution >= 0.6 is 0 Å². The van der Waals surface area contributed by atoms with E-state index >= 15 is 0 Å². The fourth-order valence-corrected chi connectivity index (χ4v) is 0.803. The second kappa shape index (κ2) is 4.25. The van der Waals surface area contributed by atoms with Gasteiger partial charge in [0.1, 0.15) is 6.42 Å². The number of benzene rings is 1. The van der Waals surface area contributed by atoms with E-state index in [0.29, 0.717) is 5.69 Å². The molecule has 0 aliphatic heterocycles. The molecule has 1 radical (unpaired) electrons. The first-order valence-electron chi connectivity index (χ1n) is 3.67. The van der Waals surface area contributed by atoms with E-state index in [4.69, 9.17) is 5.11 Å². The third kappa shape index (κ3) is 3.37. The van der Waals surface area contributed by atoms with Gasteiger partial charge in [0, 0.05) is 11.8 Å². The van der Waals surface area contributed by atoms with Crippen molar-refractivity contribution < 1.29 is 14.7 Å². The van der Waals surface area contributed by atoms with Gasteiger partial charge in [-0.15, -0.1) is 0 Å². The Morgan fingerprint density at radius 2 is 2.23 bits per heavy atom. The number of nitrogens with one attached hydrogen (secondary N) is 1. The van der Waals surface area contributed by atoms with Crippen LogP contribution in [-0.4, -0.2) is 17.0 Å². The van der Waals surface area contributed by atoms with Crippen LogP contribution in [0.2, 0.25) is 0 Å². The summed E-state index contributed by atoms with van der Waals surface area (Å²) < 4.78 is 0. The van der Waals surface area contributed by atoms with E-state index in [2.05, 4.69) is 11.4 Å². The molecule has 0 spiro atoms. The lowest BCUT2D eigenvalue weighted by Crippen LogP contribution is -2.15. The highest BCUT2D eigenvalue weighted by Gasteiger charge is 2.06. The molecule has 67 valence electrons. The Hall–Kier alpha value is -1.84. The van der Waals surface area contributed by atoms with Gasteiger partial charge in [0.15, 0.2) is 0 Å². The molecule has 4 heteroatoms. The first-order valence-corrected chi connectivity index (χ1v) is 3.67. The van der Waals surface area contributed by atoms with Crippen LogP contribution in [0.4, 0.5) is 5.69 Å². The van der Waals surface area contributed by atoms with Crippen molar-refractivity contribution in [2.24, 2.45) is 0 Å². The van der Waals surface area contributed by atoms with Crippen molar-refractivity contribution in [3.05, 3.63) is 30.3 Å². The van der Waals surface area contributed by atoms with Gasteiger partial charge in [-0.05, 0) is 6.07 Å². The van der Waals surface area contributed by atoms with Crippen molar-refractivity contribution in [3.63, 3.8) is 0 Å². The molecule has 0 bridgehead atoms. The minimum atomic E-state index is -1.14. The smallest absolute Gasteiger partial charge is 0.312 e. The molecule has 0 atom stereocenters. The molecule has 4 nitrogen and oxygen atoms in total. The first kappa shape index (κ1) is 9.25. The Bertz CT molecular complexity index is 308. The summed E-state index contributed by atoms with van der Waals surface area (Å²) in [6.07, 6.45) is -0.525. The SMILES string of the molecule is O=C(O)CC(=O)Nc1[c]cccc1. The molecule has 2 N–H and O–H groups in total. The third-order valence-electron chi connectivity index (χ3n) is 1.29. The lowest BCUT2D eigenvalue weighted by atomic mass is 10.3. The van der Waals surface area contributed by atoms with Crippen molar-refractivity contribution in [2.75, 3.05) is 5.32 Å². The number of anilines is 1. The molecule has 1 aromatic rings. The number of para-hydroxylation sites is 1. The summed E-state index contributed by atoms with van der Waals surface area (Å²) in [5, 5.41) is 10.7. The Morgan fingerprint density at radius 3 is 2.77 bits per heavy atom. The Kier molecular flexibility index (Phi) is 3.03. The minimum Gasteiger partial charge on any atom is -0.481 e. The highest BCUT2D eigenvalue weighted by molar-refractivity contribution is 6.01. The van der Waals surface area contributed by atoms with Crippen LogP contribution in [0, 0.1) is 6.07 Å². The predicted octanol–water partition coefficient (Wildman–Crippen LogP) is 0.900. The van der Waals surface area contributed by atoms with Gasteiger partial charge in [-0.2, -0.15) is 0 Å². The Morgan fingerprint density at radius 1 is 1.46 bits per heavy atom. The maximum Gasteiger partial charge on any atom is 0.312 e. The normalized spacial score (nSPS) is 9.23. The van der Waals surface area contributed by atoms with Crippen molar-refractivity contribution in [3.8, 4) is 0 Å². The van der Waals surface area contributed by atoms with E-state index in [1.165, 1.54) is 0 Å². The van der Waals surface area contributed by atoms with Gasteiger partial charge in [0.05, 0.1) is 0 Å². The molecule has 0 aliphatic rings. The number of carboxylic acid groups (broad SMARTS) is 1. The van der Waals surface area contributed by atoms with Crippen molar-refractivity contribution in [1.82, 2.24) is 0 Å².